The highest BCUT2D eigenvalue weighted by molar-refractivity contribution is 6.30. The first kappa shape index (κ1) is 10.8. The van der Waals surface area contributed by atoms with Crippen LogP contribution in [0.25, 0.3) is 0 Å². The maximum Gasteiger partial charge on any atom is 0.222 e. The van der Waals surface area contributed by atoms with E-state index >= 15 is 0 Å². The summed E-state index contributed by atoms with van der Waals surface area (Å²) in [6, 6.07) is 0.223. The zero-order valence-electron chi connectivity index (χ0n) is 8.00. The van der Waals surface area contributed by atoms with Crippen molar-refractivity contribution in [2.24, 2.45) is 0 Å². The molecule has 1 N–H and O–H groups in total. The van der Waals surface area contributed by atoms with Gasteiger partial charge in [-0.3, -0.25) is 0 Å². The van der Waals surface area contributed by atoms with Gasteiger partial charge in [0.2, 0.25) is 5.95 Å². The molecule has 1 unspecified atom stereocenters. The van der Waals surface area contributed by atoms with E-state index in [-0.39, 0.29) is 6.04 Å². The van der Waals surface area contributed by atoms with Gasteiger partial charge < -0.3 is 5.32 Å². The Kier molecular flexibility index (Phi) is 4.21. The monoisotopic (exact) mass is 209 g/mol. The number of hydrogen-bond acceptors (Lipinski definition) is 3. The summed E-state index contributed by atoms with van der Waals surface area (Å²) in [5.41, 5.74) is 0. The van der Waals surface area contributed by atoms with Crippen molar-refractivity contribution < 1.29 is 0 Å². The molecule has 0 spiro atoms. The van der Waals surface area contributed by atoms with Crippen LogP contribution in [0.2, 0.25) is 5.02 Å². The molecule has 0 bridgehead atoms. The van der Waals surface area contributed by atoms with Crippen LogP contribution in [0.3, 0.4) is 0 Å². The summed E-state index contributed by atoms with van der Waals surface area (Å²) in [7, 11) is 0. The van der Waals surface area contributed by atoms with Crippen molar-refractivity contribution in [3.63, 3.8) is 0 Å². The zero-order valence-corrected chi connectivity index (χ0v) is 8.75. The van der Waals surface area contributed by atoms with Crippen molar-refractivity contribution in [1.82, 2.24) is 9.97 Å². The Balaban J connectivity index is 2.59. The normalized spacial score (nSPS) is 11.8. The summed E-state index contributed by atoms with van der Waals surface area (Å²) < 4.78 is 0. The van der Waals surface area contributed by atoms with Crippen molar-refractivity contribution in [3.8, 4) is 12.3 Å². The third kappa shape index (κ3) is 3.23. The van der Waals surface area contributed by atoms with Crippen molar-refractivity contribution >= 4 is 17.5 Å². The summed E-state index contributed by atoms with van der Waals surface area (Å²) >= 11 is 5.66. The molecule has 0 aliphatic carbocycles. The first-order valence-electron chi connectivity index (χ1n) is 4.43. The lowest BCUT2D eigenvalue weighted by Crippen LogP contribution is -2.19. The minimum atomic E-state index is 0.223. The second-order valence-electron chi connectivity index (χ2n) is 2.88. The lowest BCUT2D eigenvalue weighted by atomic mass is 10.2. The van der Waals surface area contributed by atoms with Crippen LogP contribution in [0.1, 0.15) is 19.8 Å². The van der Waals surface area contributed by atoms with Gasteiger partial charge >= 0.3 is 0 Å². The number of aromatic nitrogens is 2. The molecule has 0 saturated heterocycles. The van der Waals surface area contributed by atoms with Gasteiger partial charge in [0, 0.05) is 12.5 Å². The lowest BCUT2D eigenvalue weighted by molar-refractivity contribution is 0.706. The molecule has 74 valence electrons. The van der Waals surface area contributed by atoms with Crippen LogP contribution in [-0.4, -0.2) is 16.0 Å². The maximum absolute atomic E-state index is 5.66. The van der Waals surface area contributed by atoms with E-state index in [1.54, 1.807) is 12.4 Å². The highest BCUT2D eigenvalue weighted by Gasteiger charge is 2.05. The molecule has 0 amide bonds. The molecule has 1 aromatic heterocycles. The second-order valence-corrected chi connectivity index (χ2v) is 3.32. The van der Waals surface area contributed by atoms with E-state index in [1.165, 1.54) is 0 Å². The van der Waals surface area contributed by atoms with Gasteiger partial charge in [0.1, 0.15) is 0 Å². The molecule has 14 heavy (non-hydrogen) atoms. The Morgan fingerprint density at radius 2 is 2.21 bits per heavy atom. The minimum absolute atomic E-state index is 0.223. The Morgan fingerprint density at radius 1 is 1.57 bits per heavy atom. The zero-order chi connectivity index (χ0) is 10.4. The molecular weight excluding hydrogens is 198 g/mol. The number of terminal acetylenes is 1. The van der Waals surface area contributed by atoms with Crippen molar-refractivity contribution in [2.45, 2.75) is 25.8 Å². The van der Waals surface area contributed by atoms with Crippen LogP contribution in [-0.2, 0) is 0 Å². The molecule has 4 heteroatoms. The van der Waals surface area contributed by atoms with Crippen LogP contribution in [0.4, 0.5) is 5.95 Å². The summed E-state index contributed by atoms with van der Waals surface area (Å²) in [5, 5.41) is 3.66. The summed E-state index contributed by atoms with van der Waals surface area (Å²) in [4.78, 5) is 8.05. The molecule has 0 fully saturated rings. The fraction of sp³-hybridized carbons (Fsp3) is 0.400. The third-order valence-electron chi connectivity index (χ3n) is 1.81. The van der Waals surface area contributed by atoms with Crippen molar-refractivity contribution in [2.75, 3.05) is 5.32 Å². The molecule has 0 saturated carbocycles. The van der Waals surface area contributed by atoms with E-state index in [1.807, 2.05) is 0 Å². The van der Waals surface area contributed by atoms with Crippen LogP contribution in [0.5, 0.6) is 0 Å². The van der Waals surface area contributed by atoms with Crippen molar-refractivity contribution in [3.05, 3.63) is 17.4 Å². The molecule has 0 aromatic carbocycles. The predicted octanol–water partition coefficient (Wildman–Crippen LogP) is 2.34. The molecule has 0 aliphatic heterocycles. The average Bonchev–Trinajstić information content (AvgIpc) is 2.20. The van der Waals surface area contributed by atoms with E-state index < -0.39 is 0 Å². The van der Waals surface area contributed by atoms with E-state index in [0.29, 0.717) is 17.4 Å². The number of anilines is 1. The van der Waals surface area contributed by atoms with Crippen molar-refractivity contribution in [1.29, 1.82) is 0 Å². The van der Waals surface area contributed by atoms with Gasteiger partial charge in [-0.2, -0.15) is 0 Å². The predicted molar refractivity (Wildman–Crippen MR) is 58.2 cm³/mol. The fourth-order valence-corrected chi connectivity index (χ4v) is 1.11. The second kappa shape index (κ2) is 5.46. The Bertz CT molecular complexity index is 315. The van der Waals surface area contributed by atoms with E-state index in [2.05, 4.69) is 28.1 Å². The quantitative estimate of drug-likeness (QED) is 0.774. The molecule has 0 aliphatic rings. The van der Waals surface area contributed by atoms with Crippen LogP contribution < -0.4 is 5.32 Å². The molecule has 1 aromatic rings. The molecule has 1 rings (SSSR count). The minimum Gasteiger partial charge on any atom is -0.351 e. The Labute approximate surface area is 88.9 Å². The van der Waals surface area contributed by atoms with Gasteiger partial charge in [0.05, 0.1) is 17.4 Å². The van der Waals surface area contributed by atoms with Gasteiger partial charge in [-0.15, -0.1) is 12.3 Å². The Hall–Kier alpha value is -1.27. The first-order valence-corrected chi connectivity index (χ1v) is 4.81. The summed E-state index contributed by atoms with van der Waals surface area (Å²) in [5.74, 6) is 3.17. The van der Waals surface area contributed by atoms with Crippen LogP contribution >= 0.6 is 11.6 Å². The lowest BCUT2D eigenvalue weighted by Gasteiger charge is -2.13. The van der Waals surface area contributed by atoms with Crippen LogP contribution in [0, 0.1) is 12.3 Å². The third-order valence-corrected chi connectivity index (χ3v) is 2.01. The average molecular weight is 210 g/mol. The van der Waals surface area contributed by atoms with E-state index in [9.17, 15) is 0 Å². The van der Waals surface area contributed by atoms with Gasteiger partial charge in [-0.1, -0.05) is 18.5 Å². The SMILES string of the molecule is C#CCC(CC)Nc1ncc(Cl)cn1. The smallest absolute Gasteiger partial charge is 0.222 e. The first-order chi connectivity index (χ1) is 6.76. The Morgan fingerprint density at radius 3 is 2.71 bits per heavy atom. The highest BCUT2D eigenvalue weighted by Crippen LogP contribution is 2.08. The van der Waals surface area contributed by atoms with Crippen LogP contribution in [0.15, 0.2) is 12.4 Å². The molecular formula is C10H12ClN3. The summed E-state index contributed by atoms with van der Waals surface area (Å²) in [6.07, 6.45) is 9.95. The molecule has 0 radical (unpaired) electrons. The number of halogens is 1. The van der Waals surface area contributed by atoms with Gasteiger partial charge in [-0.25, -0.2) is 9.97 Å². The fourth-order valence-electron chi connectivity index (χ4n) is 1.01. The maximum atomic E-state index is 5.66. The van der Waals surface area contributed by atoms with Gasteiger partial charge in [0.15, 0.2) is 0 Å². The molecule has 1 heterocycles. The number of hydrogen-bond donors (Lipinski definition) is 1. The topological polar surface area (TPSA) is 37.8 Å². The largest absolute Gasteiger partial charge is 0.351 e. The van der Waals surface area contributed by atoms with Gasteiger partial charge in [0.25, 0.3) is 0 Å². The number of nitrogens with zero attached hydrogens (tertiary/aromatic N) is 2. The standard InChI is InChI=1S/C10H12ClN3/c1-3-5-9(4-2)14-10-12-6-8(11)7-13-10/h1,6-7,9H,4-5H2,2H3,(H,12,13,14). The number of nitrogens with one attached hydrogen (secondary N) is 1. The van der Waals surface area contributed by atoms with E-state index in [4.69, 9.17) is 18.0 Å². The molecule has 1 atom stereocenters. The number of rotatable bonds is 4. The summed E-state index contributed by atoms with van der Waals surface area (Å²) in [6.45, 7) is 2.06. The van der Waals surface area contributed by atoms with Gasteiger partial charge in [-0.05, 0) is 6.42 Å². The van der Waals surface area contributed by atoms with E-state index in [0.717, 1.165) is 6.42 Å². The highest BCUT2D eigenvalue weighted by atomic mass is 35.5. The molecule has 3 nitrogen and oxygen atoms in total.